The van der Waals surface area contributed by atoms with E-state index in [1.165, 1.54) is 11.3 Å². The van der Waals surface area contributed by atoms with Crippen LogP contribution in [0.15, 0.2) is 42.9 Å². The van der Waals surface area contributed by atoms with Crippen LogP contribution in [-0.4, -0.2) is 25.3 Å². The Morgan fingerprint density at radius 2 is 2.00 bits per heavy atom. The van der Waals surface area contributed by atoms with E-state index in [1.54, 1.807) is 25.5 Å². The van der Waals surface area contributed by atoms with Gasteiger partial charge >= 0.3 is 0 Å². The minimum Gasteiger partial charge on any atom is -0.319 e. The first-order chi connectivity index (χ1) is 10.7. The van der Waals surface area contributed by atoms with E-state index >= 15 is 0 Å². The fourth-order valence-electron chi connectivity index (χ4n) is 2.22. The summed E-state index contributed by atoms with van der Waals surface area (Å²) in [5.74, 6) is 0.478. The number of rotatable bonds is 2. The third-order valence-corrected chi connectivity index (χ3v) is 4.25. The highest BCUT2D eigenvalue weighted by Crippen LogP contribution is 2.24. The lowest BCUT2D eigenvalue weighted by Gasteiger charge is -2.01. The van der Waals surface area contributed by atoms with Crippen molar-refractivity contribution >= 4 is 38.9 Å². The Morgan fingerprint density at radius 3 is 2.82 bits per heavy atom. The van der Waals surface area contributed by atoms with Gasteiger partial charge in [-0.2, -0.15) is 0 Å². The molecule has 1 amide bonds. The number of hydrogen-bond acceptors (Lipinski definition) is 5. The molecule has 0 aliphatic rings. The first-order valence-corrected chi connectivity index (χ1v) is 7.49. The summed E-state index contributed by atoms with van der Waals surface area (Å²) in [4.78, 5) is 26.3. The molecule has 0 aliphatic carbocycles. The summed E-state index contributed by atoms with van der Waals surface area (Å²) in [5, 5.41) is 2.79. The second kappa shape index (κ2) is 4.88. The molecule has 4 aromatic rings. The van der Waals surface area contributed by atoms with Gasteiger partial charge in [0, 0.05) is 6.20 Å². The van der Waals surface area contributed by atoms with E-state index in [2.05, 4.69) is 20.3 Å². The van der Waals surface area contributed by atoms with Gasteiger partial charge in [-0.25, -0.2) is 15.0 Å². The molecule has 0 aliphatic heterocycles. The number of imidazole rings is 1. The summed E-state index contributed by atoms with van der Waals surface area (Å²) in [7, 11) is 0. The number of amides is 1. The summed E-state index contributed by atoms with van der Waals surface area (Å²) in [6.45, 7) is 1.80. The van der Waals surface area contributed by atoms with Crippen molar-refractivity contribution in [2.75, 3.05) is 5.32 Å². The van der Waals surface area contributed by atoms with Crippen LogP contribution in [0.5, 0.6) is 0 Å². The number of carbonyl (C=O) groups is 1. The van der Waals surface area contributed by atoms with E-state index in [1.807, 2.05) is 28.7 Å². The summed E-state index contributed by atoms with van der Waals surface area (Å²) in [6, 6.07) is 7.85. The highest BCUT2D eigenvalue weighted by molar-refractivity contribution is 7.19. The zero-order chi connectivity index (χ0) is 15.1. The minimum absolute atomic E-state index is 0.188. The molecule has 0 fully saturated rings. The fourth-order valence-corrected chi connectivity index (χ4v) is 3.11. The maximum Gasteiger partial charge on any atom is 0.267 e. The molecular formula is C15H11N5OS. The van der Waals surface area contributed by atoms with Crippen LogP contribution >= 0.6 is 11.3 Å². The van der Waals surface area contributed by atoms with Crippen molar-refractivity contribution in [3.63, 3.8) is 0 Å². The lowest BCUT2D eigenvalue weighted by atomic mass is 10.3. The Bertz CT molecular complexity index is 986. The molecule has 0 saturated heterocycles. The first kappa shape index (κ1) is 12.9. The molecule has 1 aromatic carbocycles. The quantitative estimate of drug-likeness (QED) is 0.618. The number of nitrogens with zero attached hydrogens (tertiary/aromatic N) is 4. The van der Waals surface area contributed by atoms with Gasteiger partial charge in [0.1, 0.15) is 10.7 Å². The van der Waals surface area contributed by atoms with Crippen molar-refractivity contribution in [2.24, 2.45) is 0 Å². The molecule has 0 saturated carbocycles. The molecule has 4 rings (SSSR count). The molecular weight excluding hydrogens is 298 g/mol. The van der Waals surface area contributed by atoms with Crippen LogP contribution in [-0.2, 0) is 0 Å². The Hall–Kier alpha value is -2.80. The fraction of sp³-hybridized carbons (Fsp3) is 0.0667. The zero-order valence-electron chi connectivity index (χ0n) is 11.6. The number of fused-ring (bicyclic) bond motifs is 3. The second-order valence-electron chi connectivity index (χ2n) is 4.82. The van der Waals surface area contributed by atoms with Crippen LogP contribution in [0, 0.1) is 6.92 Å². The normalized spacial score (nSPS) is 11.1. The maximum atomic E-state index is 12.3. The molecule has 1 N–H and O–H groups in total. The highest BCUT2D eigenvalue weighted by Gasteiger charge is 2.14. The molecule has 6 nitrogen and oxygen atoms in total. The second-order valence-corrected chi connectivity index (χ2v) is 5.83. The predicted molar refractivity (Wildman–Crippen MR) is 85.3 cm³/mol. The van der Waals surface area contributed by atoms with Gasteiger partial charge in [0.25, 0.3) is 5.91 Å². The van der Waals surface area contributed by atoms with E-state index in [9.17, 15) is 4.79 Å². The van der Waals surface area contributed by atoms with Crippen molar-refractivity contribution in [3.05, 3.63) is 53.6 Å². The number of anilines is 1. The molecule has 3 aromatic heterocycles. The van der Waals surface area contributed by atoms with Crippen molar-refractivity contribution in [1.82, 2.24) is 19.4 Å². The average molecular weight is 309 g/mol. The molecule has 22 heavy (non-hydrogen) atoms. The number of thiazole rings is 1. The molecule has 3 heterocycles. The van der Waals surface area contributed by atoms with Crippen LogP contribution < -0.4 is 5.32 Å². The Kier molecular flexibility index (Phi) is 2.87. The van der Waals surface area contributed by atoms with Gasteiger partial charge in [0.2, 0.25) is 0 Å². The topological polar surface area (TPSA) is 72.2 Å². The van der Waals surface area contributed by atoms with E-state index in [-0.39, 0.29) is 5.91 Å². The van der Waals surface area contributed by atoms with Crippen LogP contribution in [0.1, 0.15) is 15.5 Å². The molecule has 0 bridgehead atoms. The van der Waals surface area contributed by atoms with Crippen LogP contribution in [0.3, 0.4) is 0 Å². The lowest BCUT2D eigenvalue weighted by Crippen LogP contribution is -2.11. The molecule has 7 heteroatoms. The number of para-hydroxylation sites is 2. The van der Waals surface area contributed by atoms with Gasteiger partial charge in [0.15, 0.2) is 4.96 Å². The Balaban J connectivity index is 1.68. The minimum atomic E-state index is -0.188. The van der Waals surface area contributed by atoms with Crippen LogP contribution in [0.25, 0.3) is 16.0 Å². The molecule has 0 unspecified atom stereocenters. The van der Waals surface area contributed by atoms with E-state index in [0.29, 0.717) is 16.4 Å². The number of carbonyl (C=O) groups excluding carboxylic acids is 1. The van der Waals surface area contributed by atoms with Crippen LogP contribution in [0.2, 0.25) is 0 Å². The van der Waals surface area contributed by atoms with Crippen molar-refractivity contribution < 1.29 is 4.79 Å². The van der Waals surface area contributed by atoms with Crippen molar-refractivity contribution in [3.8, 4) is 0 Å². The third kappa shape index (κ3) is 2.11. The van der Waals surface area contributed by atoms with E-state index in [4.69, 9.17) is 0 Å². The largest absolute Gasteiger partial charge is 0.319 e. The average Bonchev–Trinajstić information content (AvgIpc) is 3.07. The van der Waals surface area contributed by atoms with E-state index in [0.717, 1.165) is 16.0 Å². The number of hydrogen-bond donors (Lipinski definition) is 1. The van der Waals surface area contributed by atoms with Gasteiger partial charge in [-0.1, -0.05) is 23.5 Å². The molecule has 0 atom stereocenters. The number of aryl methyl sites for hydroxylation is 1. The summed E-state index contributed by atoms with van der Waals surface area (Å²) in [5.41, 5.74) is 2.49. The standard InChI is InChI=1S/C15H11N5OS/c1-9-16-6-10(7-17-9)18-14(21)13-8-20-12-5-3-2-4-11(12)19-15(20)22-13/h2-8H,1H3,(H,18,21). The summed E-state index contributed by atoms with van der Waals surface area (Å²) < 4.78 is 1.93. The molecule has 0 radical (unpaired) electrons. The van der Waals surface area contributed by atoms with Crippen LogP contribution in [0.4, 0.5) is 5.69 Å². The van der Waals surface area contributed by atoms with Crippen molar-refractivity contribution in [1.29, 1.82) is 0 Å². The van der Waals surface area contributed by atoms with Gasteiger partial charge in [-0.3, -0.25) is 9.20 Å². The Labute approximate surface area is 129 Å². The van der Waals surface area contributed by atoms with Gasteiger partial charge < -0.3 is 5.32 Å². The summed E-state index contributed by atoms with van der Waals surface area (Å²) >= 11 is 1.35. The molecule has 0 spiro atoms. The highest BCUT2D eigenvalue weighted by atomic mass is 32.1. The van der Waals surface area contributed by atoms with Gasteiger partial charge in [0.05, 0.1) is 29.1 Å². The smallest absolute Gasteiger partial charge is 0.267 e. The predicted octanol–water partition coefficient (Wildman–Crippen LogP) is 2.90. The van der Waals surface area contributed by atoms with Gasteiger partial charge in [-0.15, -0.1) is 0 Å². The van der Waals surface area contributed by atoms with E-state index < -0.39 is 0 Å². The number of benzene rings is 1. The number of nitrogens with one attached hydrogen (secondary N) is 1. The Morgan fingerprint density at radius 1 is 1.23 bits per heavy atom. The lowest BCUT2D eigenvalue weighted by molar-refractivity contribution is 0.103. The van der Waals surface area contributed by atoms with Crippen molar-refractivity contribution in [2.45, 2.75) is 6.92 Å². The monoisotopic (exact) mass is 309 g/mol. The SMILES string of the molecule is Cc1ncc(NC(=O)c2cn3c(nc4ccccc43)s2)cn1. The molecule has 108 valence electrons. The zero-order valence-corrected chi connectivity index (χ0v) is 12.5. The first-order valence-electron chi connectivity index (χ1n) is 6.67. The third-order valence-electron chi connectivity index (χ3n) is 3.27. The maximum absolute atomic E-state index is 12.3. The summed E-state index contributed by atoms with van der Waals surface area (Å²) in [6.07, 6.45) is 4.99. The van der Waals surface area contributed by atoms with Gasteiger partial charge in [-0.05, 0) is 19.1 Å². The number of aromatic nitrogens is 4.